The quantitative estimate of drug-likeness (QED) is 0.766. The van der Waals surface area contributed by atoms with Crippen molar-refractivity contribution in [2.24, 2.45) is 17.8 Å². The van der Waals surface area contributed by atoms with E-state index in [0.717, 1.165) is 22.8 Å². The lowest BCUT2D eigenvalue weighted by Crippen LogP contribution is -2.23. The van der Waals surface area contributed by atoms with E-state index < -0.39 is 11.9 Å². The van der Waals surface area contributed by atoms with E-state index in [9.17, 15) is 14.4 Å². The summed E-state index contributed by atoms with van der Waals surface area (Å²) in [4.78, 5) is 37.0. The highest BCUT2D eigenvalue weighted by molar-refractivity contribution is 7.16. The monoisotopic (exact) mass is 379 g/mol. The van der Waals surface area contributed by atoms with Crippen LogP contribution < -0.4 is 5.32 Å². The fraction of sp³-hybridized carbons (Fsp3) is 0.632. The molecule has 3 rings (SSSR count). The molecule has 0 radical (unpaired) electrons. The van der Waals surface area contributed by atoms with Gasteiger partial charge in [-0.1, -0.05) is 6.42 Å². The van der Waals surface area contributed by atoms with Gasteiger partial charge in [-0.05, 0) is 56.4 Å². The van der Waals surface area contributed by atoms with Gasteiger partial charge in [-0.25, -0.2) is 4.79 Å². The first-order valence-electron chi connectivity index (χ1n) is 9.02. The minimum Gasteiger partial charge on any atom is -0.465 e. The van der Waals surface area contributed by atoms with Gasteiger partial charge in [-0.2, -0.15) is 0 Å². The minimum absolute atomic E-state index is 0.315. The Labute approximate surface area is 157 Å². The van der Waals surface area contributed by atoms with Crippen LogP contribution in [0, 0.1) is 31.6 Å². The Morgan fingerprint density at radius 2 is 1.96 bits per heavy atom. The Kier molecular flexibility index (Phi) is 5.65. The van der Waals surface area contributed by atoms with Crippen LogP contribution in [-0.2, 0) is 19.1 Å². The summed E-state index contributed by atoms with van der Waals surface area (Å²) in [5, 5.41) is 3.10. The molecule has 0 aliphatic heterocycles. The van der Waals surface area contributed by atoms with Gasteiger partial charge in [0.1, 0.15) is 5.00 Å². The number of amides is 1. The van der Waals surface area contributed by atoms with E-state index in [0.29, 0.717) is 28.8 Å². The Balaban J connectivity index is 1.50. The Morgan fingerprint density at radius 1 is 1.19 bits per heavy atom. The van der Waals surface area contributed by atoms with Crippen molar-refractivity contribution in [3.05, 3.63) is 16.0 Å². The highest BCUT2D eigenvalue weighted by Crippen LogP contribution is 2.49. The maximum atomic E-state index is 12.1. The van der Waals surface area contributed by atoms with Crippen molar-refractivity contribution >= 4 is 34.2 Å². The molecule has 7 heteroatoms. The van der Waals surface area contributed by atoms with Crippen LogP contribution in [0.15, 0.2) is 0 Å². The molecule has 2 fully saturated rings. The van der Waals surface area contributed by atoms with Crippen molar-refractivity contribution in [3.63, 3.8) is 0 Å². The molecule has 142 valence electrons. The van der Waals surface area contributed by atoms with E-state index in [1.54, 1.807) is 0 Å². The fourth-order valence-electron chi connectivity index (χ4n) is 4.27. The number of rotatable bonds is 6. The van der Waals surface area contributed by atoms with Crippen molar-refractivity contribution in [1.29, 1.82) is 0 Å². The van der Waals surface area contributed by atoms with Crippen molar-refractivity contribution in [2.45, 2.75) is 46.0 Å². The van der Waals surface area contributed by atoms with Crippen molar-refractivity contribution in [3.8, 4) is 0 Å². The molecule has 1 heterocycles. The summed E-state index contributed by atoms with van der Waals surface area (Å²) in [7, 11) is 1.30. The summed E-state index contributed by atoms with van der Waals surface area (Å²) >= 11 is 1.31. The maximum Gasteiger partial charge on any atom is 0.341 e. The van der Waals surface area contributed by atoms with Gasteiger partial charge in [0.2, 0.25) is 0 Å². The number of anilines is 1. The third kappa shape index (κ3) is 3.92. The first kappa shape index (κ1) is 18.9. The highest BCUT2D eigenvalue weighted by atomic mass is 32.1. The summed E-state index contributed by atoms with van der Waals surface area (Å²) < 4.78 is 9.93. The summed E-state index contributed by atoms with van der Waals surface area (Å²) in [6, 6.07) is 0. The minimum atomic E-state index is -0.490. The lowest BCUT2D eigenvalue weighted by atomic mass is 9.86. The van der Waals surface area contributed by atoms with E-state index in [1.165, 1.54) is 37.7 Å². The lowest BCUT2D eigenvalue weighted by molar-refractivity contribution is -0.148. The first-order valence-corrected chi connectivity index (χ1v) is 9.84. The Morgan fingerprint density at radius 3 is 2.58 bits per heavy atom. The van der Waals surface area contributed by atoms with E-state index in [4.69, 9.17) is 9.47 Å². The van der Waals surface area contributed by atoms with Crippen LogP contribution in [0.5, 0.6) is 0 Å². The molecule has 2 aliphatic carbocycles. The number of hydrogen-bond donors (Lipinski definition) is 1. The summed E-state index contributed by atoms with van der Waals surface area (Å²) in [6.07, 6.45) is 5.27. The number of ether oxygens (including phenoxy) is 2. The van der Waals surface area contributed by atoms with Crippen LogP contribution >= 0.6 is 11.3 Å². The normalized spacial score (nSPS) is 23.7. The topological polar surface area (TPSA) is 81.7 Å². The standard InChI is InChI=1S/C19H25NO5S/c1-10-11(2)26-18(17(10)19(23)24-3)20-15(21)9-25-16(22)8-14-7-12-4-5-13(14)6-12/h12-14H,4-9H2,1-3H3,(H,20,21)/t12-,13+,14+/m0/s1. The van der Waals surface area contributed by atoms with Crippen LogP contribution in [0.4, 0.5) is 5.00 Å². The summed E-state index contributed by atoms with van der Waals surface area (Å²) in [6.45, 7) is 3.34. The molecule has 0 aromatic carbocycles. The number of methoxy groups -OCH3 is 1. The molecule has 2 aliphatic rings. The Bertz CT molecular complexity index is 726. The number of aryl methyl sites for hydroxylation is 1. The average molecular weight is 379 g/mol. The summed E-state index contributed by atoms with van der Waals surface area (Å²) in [5.74, 6) is 0.597. The van der Waals surface area contributed by atoms with Crippen molar-refractivity contribution in [1.82, 2.24) is 0 Å². The van der Waals surface area contributed by atoms with E-state index in [-0.39, 0.29) is 12.6 Å². The van der Waals surface area contributed by atoms with Crippen LogP contribution in [0.3, 0.4) is 0 Å². The molecule has 1 aromatic heterocycles. The number of nitrogens with one attached hydrogen (secondary N) is 1. The molecular weight excluding hydrogens is 354 g/mol. The second kappa shape index (κ2) is 7.78. The van der Waals surface area contributed by atoms with Gasteiger partial charge in [0.25, 0.3) is 5.91 Å². The second-order valence-corrected chi connectivity index (χ2v) is 8.55. The molecule has 1 aromatic rings. The van der Waals surface area contributed by atoms with Crippen molar-refractivity contribution in [2.75, 3.05) is 19.0 Å². The molecule has 1 amide bonds. The molecule has 2 bridgehead atoms. The molecule has 0 spiro atoms. The molecule has 26 heavy (non-hydrogen) atoms. The number of esters is 2. The number of fused-ring (bicyclic) bond motifs is 2. The number of carbonyl (C=O) groups excluding carboxylic acids is 3. The largest absolute Gasteiger partial charge is 0.465 e. The predicted octanol–water partition coefficient (Wildman–Crippen LogP) is 3.46. The van der Waals surface area contributed by atoms with Gasteiger partial charge in [0.05, 0.1) is 12.7 Å². The van der Waals surface area contributed by atoms with E-state index in [1.807, 2.05) is 13.8 Å². The predicted molar refractivity (Wildman–Crippen MR) is 98.3 cm³/mol. The van der Waals surface area contributed by atoms with Gasteiger partial charge in [0.15, 0.2) is 6.61 Å². The maximum absolute atomic E-state index is 12.1. The SMILES string of the molecule is COC(=O)c1c(NC(=O)COC(=O)C[C@H]2C[C@H]3CC[C@@H]2C3)sc(C)c1C. The van der Waals surface area contributed by atoms with Crippen LogP contribution in [0.1, 0.15) is 52.9 Å². The van der Waals surface area contributed by atoms with Crippen LogP contribution in [0.25, 0.3) is 0 Å². The van der Waals surface area contributed by atoms with Gasteiger partial charge >= 0.3 is 11.9 Å². The average Bonchev–Trinajstić information content (AvgIpc) is 3.28. The molecular formula is C19H25NO5S. The number of hydrogen-bond acceptors (Lipinski definition) is 6. The molecule has 1 N–H and O–H groups in total. The lowest BCUT2D eigenvalue weighted by Gasteiger charge is -2.20. The highest BCUT2D eigenvalue weighted by Gasteiger charge is 2.40. The molecule has 2 saturated carbocycles. The zero-order chi connectivity index (χ0) is 18.8. The van der Waals surface area contributed by atoms with Crippen molar-refractivity contribution < 1.29 is 23.9 Å². The first-order chi connectivity index (χ1) is 12.4. The molecule has 0 unspecified atom stereocenters. The molecule has 3 atom stereocenters. The van der Waals surface area contributed by atoms with Crippen LogP contribution in [0.2, 0.25) is 0 Å². The van der Waals surface area contributed by atoms with Gasteiger partial charge in [-0.3, -0.25) is 9.59 Å². The summed E-state index contributed by atoms with van der Waals surface area (Å²) in [5.41, 5.74) is 1.14. The molecule has 0 saturated heterocycles. The zero-order valence-corrected chi connectivity index (χ0v) is 16.2. The van der Waals surface area contributed by atoms with E-state index >= 15 is 0 Å². The molecule has 6 nitrogen and oxygen atoms in total. The van der Waals surface area contributed by atoms with Gasteiger partial charge in [0, 0.05) is 11.3 Å². The fourth-order valence-corrected chi connectivity index (χ4v) is 5.34. The Hall–Kier alpha value is -1.89. The van der Waals surface area contributed by atoms with E-state index in [2.05, 4.69) is 5.32 Å². The third-order valence-electron chi connectivity index (χ3n) is 5.71. The number of carbonyl (C=O) groups is 3. The third-order valence-corrected chi connectivity index (χ3v) is 6.83. The number of thiophene rings is 1. The zero-order valence-electron chi connectivity index (χ0n) is 15.4. The smallest absolute Gasteiger partial charge is 0.341 e. The van der Waals surface area contributed by atoms with Crippen LogP contribution in [-0.4, -0.2) is 31.6 Å². The second-order valence-electron chi connectivity index (χ2n) is 7.33. The van der Waals surface area contributed by atoms with Gasteiger partial charge in [-0.15, -0.1) is 11.3 Å². The van der Waals surface area contributed by atoms with Gasteiger partial charge < -0.3 is 14.8 Å².